The van der Waals surface area contributed by atoms with Crippen LogP contribution >= 0.6 is 11.3 Å². The first-order chi connectivity index (χ1) is 15.7. The van der Waals surface area contributed by atoms with Gasteiger partial charge in [-0.25, -0.2) is 4.79 Å². The molecule has 166 valence electrons. The van der Waals surface area contributed by atoms with Crippen molar-refractivity contribution in [1.29, 1.82) is 0 Å². The molecular formula is C26H30N4OS. The van der Waals surface area contributed by atoms with Gasteiger partial charge in [-0.05, 0) is 59.7 Å². The van der Waals surface area contributed by atoms with Crippen LogP contribution in [0.15, 0.2) is 66.0 Å². The summed E-state index contributed by atoms with van der Waals surface area (Å²) in [6.07, 6.45) is 2.17. The van der Waals surface area contributed by atoms with Crippen LogP contribution in [-0.2, 0) is 19.4 Å². The number of hydrogen-bond acceptors (Lipinski definition) is 4. The van der Waals surface area contributed by atoms with Crippen LogP contribution in [0.1, 0.15) is 16.0 Å². The predicted octanol–water partition coefficient (Wildman–Crippen LogP) is 4.70. The molecule has 5 nitrogen and oxygen atoms in total. The second kappa shape index (κ2) is 9.76. The summed E-state index contributed by atoms with van der Waals surface area (Å²) in [5.41, 5.74) is 4.89. The second-order valence-electron chi connectivity index (χ2n) is 8.58. The first kappa shape index (κ1) is 21.0. The van der Waals surface area contributed by atoms with Crippen LogP contribution in [0.2, 0.25) is 0 Å². The Hall–Kier alpha value is -2.83. The van der Waals surface area contributed by atoms with E-state index in [0.29, 0.717) is 0 Å². The van der Waals surface area contributed by atoms with Crippen molar-refractivity contribution in [3.63, 3.8) is 0 Å². The highest BCUT2D eigenvalue weighted by Crippen LogP contribution is 2.28. The van der Waals surface area contributed by atoms with E-state index in [1.54, 1.807) is 0 Å². The number of rotatable bonds is 5. The normalized spacial score (nSPS) is 16.6. The minimum atomic E-state index is 0.00125. The van der Waals surface area contributed by atoms with Gasteiger partial charge < -0.3 is 15.1 Å². The molecule has 0 aliphatic carbocycles. The van der Waals surface area contributed by atoms with E-state index in [1.165, 1.54) is 21.7 Å². The Morgan fingerprint density at radius 2 is 1.69 bits per heavy atom. The average molecular weight is 447 g/mol. The number of nitrogens with one attached hydrogen (secondary N) is 1. The number of piperazine rings is 1. The van der Waals surface area contributed by atoms with E-state index < -0.39 is 0 Å². The maximum atomic E-state index is 12.7. The summed E-state index contributed by atoms with van der Waals surface area (Å²) in [5.74, 6) is 0. The number of urea groups is 1. The summed E-state index contributed by atoms with van der Waals surface area (Å²) in [6.45, 7) is 6.47. The highest BCUT2D eigenvalue weighted by molar-refractivity contribution is 7.10. The van der Waals surface area contributed by atoms with Crippen LogP contribution in [0.3, 0.4) is 0 Å². The summed E-state index contributed by atoms with van der Waals surface area (Å²) in [6, 6.07) is 21.1. The van der Waals surface area contributed by atoms with Crippen LogP contribution in [0, 0.1) is 0 Å². The van der Waals surface area contributed by atoms with Gasteiger partial charge in [-0.15, -0.1) is 11.3 Å². The molecule has 0 atom stereocenters. The van der Waals surface area contributed by atoms with Gasteiger partial charge in [0.15, 0.2) is 0 Å². The smallest absolute Gasteiger partial charge is 0.321 e. The van der Waals surface area contributed by atoms with Gasteiger partial charge in [0.1, 0.15) is 0 Å². The average Bonchev–Trinajstić information content (AvgIpc) is 3.32. The van der Waals surface area contributed by atoms with E-state index in [1.807, 2.05) is 28.4 Å². The number of carbonyl (C=O) groups excluding carboxylic acids is 1. The fourth-order valence-electron chi connectivity index (χ4n) is 4.53. The number of fused-ring (bicyclic) bond motifs is 1. The highest BCUT2D eigenvalue weighted by atomic mass is 32.1. The number of amides is 2. The van der Waals surface area contributed by atoms with Crippen LogP contribution in [-0.4, -0.2) is 55.1 Å². The Morgan fingerprint density at radius 1 is 0.906 bits per heavy atom. The van der Waals surface area contributed by atoms with E-state index >= 15 is 0 Å². The quantitative estimate of drug-likeness (QED) is 0.617. The van der Waals surface area contributed by atoms with Gasteiger partial charge in [-0.2, -0.15) is 0 Å². The molecule has 5 rings (SSSR count). The van der Waals surface area contributed by atoms with Gasteiger partial charge in [-0.1, -0.05) is 30.3 Å². The maximum Gasteiger partial charge on any atom is 0.321 e. The minimum absolute atomic E-state index is 0.00125. The standard InChI is InChI=1S/C26H30N4OS/c31-26(29-17-15-28(16-18-29)13-10-21-4-2-1-3-5-21)27-23-6-8-24(9-7-23)30-14-11-25-22(20-30)12-19-32-25/h1-9,12,19H,10-11,13-18,20H2,(H,27,31). The van der Waals surface area contributed by atoms with Crippen LogP contribution < -0.4 is 10.2 Å². The zero-order chi connectivity index (χ0) is 21.8. The molecule has 1 saturated heterocycles. The monoisotopic (exact) mass is 446 g/mol. The van der Waals surface area contributed by atoms with Crippen molar-refractivity contribution in [1.82, 2.24) is 9.80 Å². The first-order valence-electron chi connectivity index (χ1n) is 11.5. The largest absolute Gasteiger partial charge is 0.367 e. The van der Waals surface area contributed by atoms with E-state index in [0.717, 1.165) is 64.3 Å². The van der Waals surface area contributed by atoms with Crippen molar-refractivity contribution in [3.05, 3.63) is 82.0 Å². The molecule has 1 fully saturated rings. The van der Waals surface area contributed by atoms with Gasteiger partial charge in [0.25, 0.3) is 0 Å². The van der Waals surface area contributed by atoms with E-state index in [2.05, 4.69) is 69.0 Å². The number of anilines is 2. The van der Waals surface area contributed by atoms with E-state index in [-0.39, 0.29) is 6.03 Å². The summed E-state index contributed by atoms with van der Waals surface area (Å²) >= 11 is 1.87. The fraction of sp³-hybridized carbons (Fsp3) is 0.346. The Kier molecular flexibility index (Phi) is 6.41. The summed E-state index contributed by atoms with van der Waals surface area (Å²) in [5, 5.41) is 5.27. The molecule has 0 bridgehead atoms. The molecule has 3 aromatic rings. The Bertz CT molecular complexity index is 1030. The summed E-state index contributed by atoms with van der Waals surface area (Å²) in [4.78, 5) is 21.0. The van der Waals surface area contributed by atoms with Crippen LogP contribution in [0.25, 0.3) is 0 Å². The molecule has 3 heterocycles. The molecule has 2 aliphatic rings. The molecule has 2 aromatic carbocycles. The molecule has 0 spiro atoms. The third kappa shape index (κ3) is 4.97. The lowest BCUT2D eigenvalue weighted by Crippen LogP contribution is -2.50. The van der Waals surface area contributed by atoms with Gasteiger partial charge in [0.2, 0.25) is 0 Å². The molecule has 2 amide bonds. The first-order valence-corrected chi connectivity index (χ1v) is 12.3. The summed E-state index contributed by atoms with van der Waals surface area (Å²) < 4.78 is 0. The molecule has 1 aromatic heterocycles. The Labute approximate surface area is 194 Å². The van der Waals surface area contributed by atoms with Crippen molar-refractivity contribution >= 4 is 28.7 Å². The molecule has 32 heavy (non-hydrogen) atoms. The molecular weight excluding hydrogens is 416 g/mol. The number of nitrogens with zero attached hydrogens (tertiary/aromatic N) is 3. The van der Waals surface area contributed by atoms with Gasteiger partial charge >= 0.3 is 6.03 Å². The third-order valence-electron chi connectivity index (χ3n) is 6.51. The van der Waals surface area contributed by atoms with Gasteiger partial charge in [-0.3, -0.25) is 4.90 Å². The van der Waals surface area contributed by atoms with Crippen LogP contribution in [0.4, 0.5) is 16.2 Å². The summed E-state index contributed by atoms with van der Waals surface area (Å²) in [7, 11) is 0. The van der Waals surface area contributed by atoms with Gasteiger partial charge in [0, 0.05) is 62.1 Å². The lowest BCUT2D eigenvalue weighted by atomic mass is 10.1. The highest BCUT2D eigenvalue weighted by Gasteiger charge is 2.21. The fourth-order valence-corrected chi connectivity index (χ4v) is 5.42. The number of benzene rings is 2. The number of hydrogen-bond donors (Lipinski definition) is 1. The molecule has 1 N–H and O–H groups in total. The van der Waals surface area contributed by atoms with Crippen molar-refractivity contribution in [3.8, 4) is 0 Å². The third-order valence-corrected chi connectivity index (χ3v) is 7.53. The molecule has 0 radical (unpaired) electrons. The Balaban J connectivity index is 1.08. The maximum absolute atomic E-state index is 12.7. The predicted molar refractivity (Wildman–Crippen MR) is 133 cm³/mol. The lowest BCUT2D eigenvalue weighted by molar-refractivity contribution is 0.148. The lowest BCUT2D eigenvalue weighted by Gasteiger charge is -2.34. The SMILES string of the molecule is O=C(Nc1ccc(N2CCc3sccc3C2)cc1)N1CCN(CCc2ccccc2)CC1. The zero-order valence-electron chi connectivity index (χ0n) is 18.4. The molecule has 2 aliphatic heterocycles. The Morgan fingerprint density at radius 3 is 2.47 bits per heavy atom. The van der Waals surface area contributed by atoms with Crippen LogP contribution in [0.5, 0.6) is 0 Å². The van der Waals surface area contributed by atoms with Crippen molar-refractivity contribution < 1.29 is 4.79 Å². The molecule has 6 heteroatoms. The van der Waals surface area contributed by atoms with Gasteiger partial charge in [0.05, 0.1) is 0 Å². The van der Waals surface area contributed by atoms with Crippen molar-refractivity contribution in [2.75, 3.05) is 49.5 Å². The number of carbonyl (C=O) groups is 1. The van der Waals surface area contributed by atoms with Crippen molar-refractivity contribution in [2.24, 2.45) is 0 Å². The van der Waals surface area contributed by atoms with Crippen molar-refractivity contribution in [2.45, 2.75) is 19.4 Å². The minimum Gasteiger partial charge on any atom is -0.367 e. The molecule has 0 saturated carbocycles. The zero-order valence-corrected chi connectivity index (χ0v) is 19.2. The van der Waals surface area contributed by atoms with E-state index in [9.17, 15) is 4.79 Å². The second-order valence-corrected chi connectivity index (χ2v) is 9.58. The van der Waals surface area contributed by atoms with E-state index in [4.69, 9.17) is 0 Å². The number of thiophene rings is 1. The molecule has 0 unspecified atom stereocenters. The topological polar surface area (TPSA) is 38.8 Å².